The molecule has 0 bridgehead atoms. The molecule has 4 rings (SSSR count). The van der Waals surface area contributed by atoms with E-state index in [4.69, 9.17) is 9.47 Å². The molecule has 0 aliphatic carbocycles. The number of hydrogen-bond donors (Lipinski definition) is 0. The lowest BCUT2D eigenvalue weighted by atomic mass is 10.2. The second kappa shape index (κ2) is 8.91. The van der Waals surface area contributed by atoms with Gasteiger partial charge in [-0.15, -0.1) is 0 Å². The average molecular weight is 470 g/mol. The van der Waals surface area contributed by atoms with Gasteiger partial charge >= 0.3 is 11.9 Å². The van der Waals surface area contributed by atoms with E-state index in [1.807, 2.05) is 73.3 Å². The third-order valence-corrected chi connectivity index (χ3v) is 7.80. The molecule has 0 N–H and O–H groups in total. The van der Waals surface area contributed by atoms with Crippen molar-refractivity contribution in [2.45, 2.75) is 25.1 Å². The molecular formula is C23H23N3O4S2. The van der Waals surface area contributed by atoms with Crippen LogP contribution in [0.3, 0.4) is 0 Å². The van der Waals surface area contributed by atoms with Crippen molar-refractivity contribution in [1.82, 2.24) is 0 Å². The van der Waals surface area contributed by atoms with E-state index in [9.17, 15) is 9.59 Å². The Kier molecular flexibility index (Phi) is 6.21. The lowest BCUT2D eigenvalue weighted by Crippen LogP contribution is -2.49. The van der Waals surface area contributed by atoms with Crippen molar-refractivity contribution in [3.8, 4) is 0 Å². The monoisotopic (exact) mass is 469 g/mol. The first kappa shape index (κ1) is 22.3. The number of ether oxygens (including phenoxy) is 2. The zero-order valence-corrected chi connectivity index (χ0v) is 19.8. The van der Waals surface area contributed by atoms with Crippen LogP contribution in [0.15, 0.2) is 70.3 Å². The minimum atomic E-state index is -0.981. The molecule has 32 heavy (non-hydrogen) atoms. The van der Waals surface area contributed by atoms with Gasteiger partial charge in [-0.1, -0.05) is 42.1 Å². The summed E-state index contributed by atoms with van der Waals surface area (Å²) < 4.78 is 9.33. The molecule has 9 heteroatoms. The van der Waals surface area contributed by atoms with Crippen LogP contribution in [0, 0.1) is 6.92 Å². The zero-order chi connectivity index (χ0) is 22.9. The predicted molar refractivity (Wildman–Crippen MR) is 129 cm³/mol. The van der Waals surface area contributed by atoms with Gasteiger partial charge in [0.2, 0.25) is 9.37 Å². The number of esters is 2. The van der Waals surface area contributed by atoms with E-state index in [1.54, 1.807) is 11.9 Å². The van der Waals surface area contributed by atoms with Gasteiger partial charge in [0.1, 0.15) is 4.91 Å². The molecule has 2 aromatic rings. The minimum Gasteiger partial charge on any atom is -0.464 e. The molecule has 2 aliphatic heterocycles. The summed E-state index contributed by atoms with van der Waals surface area (Å²) in [5.41, 5.74) is 3.44. The second-order valence-corrected chi connectivity index (χ2v) is 9.71. The van der Waals surface area contributed by atoms with E-state index in [-0.39, 0.29) is 11.7 Å². The summed E-state index contributed by atoms with van der Waals surface area (Å²) in [6, 6.07) is 17.6. The zero-order valence-electron chi connectivity index (χ0n) is 18.2. The molecule has 0 radical (unpaired) electrons. The summed E-state index contributed by atoms with van der Waals surface area (Å²) in [5.74, 6) is -0.926. The molecule has 2 aliphatic rings. The summed E-state index contributed by atoms with van der Waals surface area (Å²) in [5, 5.41) is 6.64. The van der Waals surface area contributed by atoms with E-state index in [0.29, 0.717) is 4.91 Å². The number of carbonyl (C=O) groups excluding carboxylic acids is 2. The highest BCUT2D eigenvalue weighted by atomic mass is 32.2. The number of nitrogens with zero attached hydrogens (tertiary/aromatic N) is 3. The topological polar surface area (TPSA) is 71.4 Å². The van der Waals surface area contributed by atoms with Gasteiger partial charge < -0.3 is 14.4 Å². The Labute approximate surface area is 195 Å². The maximum absolute atomic E-state index is 12.9. The first-order chi connectivity index (χ1) is 15.4. The van der Waals surface area contributed by atoms with Gasteiger partial charge in [0.05, 0.1) is 19.4 Å². The van der Waals surface area contributed by atoms with Crippen molar-refractivity contribution >= 4 is 51.9 Å². The van der Waals surface area contributed by atoms with E-state index < -0.39 is 16.3 Å². The molecule has 0 fully saturated rings. The Morgan fingerprint density at radius 1 is 1.00 bits per heavy atom. The summed E-state index contributed by atoms with van der Waals surface area (Å²) >= 11 is 2.57. The standard InChI is InChI=1S/C23H23N3O4S2/c1-5-30-21(27)19-16(3)25(17-11-7-6-8-12-17)23(31-19)26(18-13-9-10-15(2)14-18)24-20(32-23)22(28)29-4/h6-14H,5H2,1-4H3/t23-/m0/s1. The number of para-hydroxylation sites is 1. The van der Waals surface area contributed by atoms with Crippen molar-refractivity contribution < 1.29 is 19.1 Å². The minimum absolute atomic E-state index is 0.209. The number of hydrazone groups is 1. The van der Waals surface area contributed by atoms with E-state index >= 15 is 0 Å². The molecule has 7 nitrogen and oxygen atoms in total. The quantitative estimate of drug-likeness (QED) is 0.584. The third kappa shape index (κ3) is 3.75. The summed E-state index contributed by atoms with van der Waals surface area (Å²) in [6.07, 6.45) is 0. The van der Waals surface area contributed by atoms with Crippen molar-refractivity contribution in [3.05, 3.63) is 70.8 Å². The molecule has 1 spiro atoms. The van der Waals surface area contributed by atoms with Gasteiger partial charge in [-0.25, -0.2) is 14.6 Å². The number of benzene rings is 2. The van der Waals surface area contributed by atoms with Crippen molar-refractivity contribution in [1.29, 1.82) is 0 Å². The number of thioether (sulfide) groups is 2. The predicted octanol–water partition coefficient (Wildman–Crippen LogP) is 4.69. The summed E-state index contributed by atoms with van der Waals surface area (Å²) in [6.45, 7) is 5.92. The highest BCUT2D eigenvalue weighted by molar-refractivity contribution is 8.29. The number of anilines is 2. The molecule has 0 unspecified atom stereocenters. The van der Waals surface area contributed by atoms with Crippen LogP contribution in [0.2, 0.25) is 0 Å². The molecule has 1 atom stereocenters. The fraction of sp³-hybridized carbons (Fsp3) is 0.261. The average Bonchev–Trinajstić information content (AvgIpc) is 3.31. The second-order valence-electron chi connectivity index (χ2n) is 7.11. The smallest absolute Gasteiger partial charge is 0.365 e. The molecule has 0 aromatic heterocycles. The highest BCUT2D eigenvalue weighted by Crippen LogP contribution is 2.60. The Morgan fingerprint density at radius 2 is 1.72 bits per heavy atom. The van der Waals surface area contributed by atoms with Crippen LogP contribution in [0.4, 0.5) is 11.4 Å². The van der Waals surface area contributed by atoms with Gasteiger partial charge in [0.15, 0.2) is 0 Å². The first-order valence-corrected chi connectivity index (χ1v) is 11.7. The van der Waals surface area contributed by atoms with Crippen molar-refractivity contribution in [3.63, 3.8) is 0 Å². The molecule has 2 heterocycles. The number of allylic oxidation sites excluding steroid dienone is 1. The summed E-state index contributed by atoms with van der Waals surface area (Å²) in [7, 11) is 1.33. The Morgan fingerprint density at radius 3 is 2.38 bits per heavy atom. The number of aryl methyl sites for hydroxylation is 1. The fourth-order valence-corrected chi connectivity index (χ4v) is 6.56. The molecule has 0 saturated heterocycles. The van der Waals surface area contributed by atoms with Gasteiger partial charge in [-0.2, -0.15) is 5.10 Å². The Hall–Kier alpha value is -2.91. The molecule has 166 valence electrons. The van der Waals surface area contributed by atoms with Crippen molar-refractivity contribution in [2.75, 3.05) is 23.6 Å². The van der Waals surface area contributed by atoms with Crippen LogP contribution in [-0.4, -0.2) is 35.0 Å². The van der Waals surface area contributed by atoms with E-state index in [1.165, 1.54) is 30.6 Å². The number of hydrogen-bond acceptors (Lipinski definition) is 9. The first-order valence-electron chi connectivity index (χ1n) is 10.1. The Bertz CT molecular complexity index is 1120. The highest BCUT2D eigenvalue weighted by Gasteiger charge is 2.58. The van der Waals surface area contributed by atoms with Crippen LogP contribution < -0.4 is 9.91 Å². The van der Waals surface area contributed by atoms with Crippen molar-refractivity contribution in [2.24, 2.45) is 5.10 Å². The number of rotatable bonds is 5. The molecule has 0 amide bonds. The molecule has 0 saturated carbocycles. The lowest BCUT2D eigenvalue weighted by molar-refractivity contribution is -0.137. The van der Waals surface area contributed by atoms with Crippen LogP contribution in [0.25, 0.3) is 0 Å². The van der Waals surface area contributed by atoms with E-state index in [2.05, 4.69) is 5.10 Å². The maximum Gasteiger partial charge on any atom is 0.365 e. The van der Waals surface area contributed by atoms with Gasteiger partial charge in [0, 0.05) is 11.4 Å². The molecule has 2 aromatic carbocycles. The SMILES string of the molecule is CCOC(=O)C1=C(C)N(c2ccccc2)[C@@]2(SC(C(=O)OC)=NN2c2cccc(C)c2)S1. The maximum atomic E-state index is 12.9. The van der Waals surface area contributed by atoms with E-state index in [0.717, 1.165) is 22.6 Å². The summed E-state index contributed by atoms with van der Waals surface area (Å²) in [4.78, 5) is 27.9. The van der Waals surface area contributed by atoms with Crippen LogP contribution in [-0.2, 0) is 19.1 Å². The van der Waals surface area contributed by atoms with Gasteiger partial charge in [-0.3, -0.25) is 0 Å². The fourth-order valence-electron chi connectivity index (χ4n) is 3.58. The molecular weight excluding hydrogens is 446 g/mol. The number of methoxy groups -OCH3 is 1. The Balaban J connectivity index is 1.90. The largest absolute Gasteiger partial charge is 0.464 e. The number of carbonyl (C=O) groups is 2. The van der Waals surface area contributed by atoms with Crippen LogP contribution in [0.5, 0.6) is 0 Å². The van der Waals surface area contributed by atoms with Gasteiger partial charge in [-0.05, 0) is 62.4 Å². The lowest BCUT2D eigenvalue weighted by Gasteiger charge is -2.41. The third-order valence-electron chi connectivity index (χ3n) is 4.95. The normalized spacial score (nSPS) is 20.1. The van der Waals surface area contributed by atoms with Crippen LogP contribution in [0.1, 0.15) is 19.4 Å². The van der Waals surface area contributed by atoms with Gasteiger partial charge in [0.25, 0.3) is 0 Å². The van der Waals surface area contributed by atoms with Crippen LogP contribution >= 0.6 is 23.5 Å².